The second-order valence-corrected chi connectivity index (χ2v) is 22.0. The van der Waals surface area contributed by atoms with Gasteiger partial charge in [-0.3, -0.25) is 4.79 Å². The number of rotatable bonds is 39. The summed E-state index contributed by atoms with van der Waals surface area (Å²) in [6, 6.07) is 0. The molecule has 390 valence electrons. The average Bonchev–Trinajstić information content (AvgIpc) is 3.67. The van der Waals surface area contributed by atoms with Gasteiger partial charge in [-0.05, 0) is 130 Å². The van der Waals surface area contributed by atoms with Crippen LogP contribution < -0.4 is 5.32 Å². The molecule has 3 fully saturated rings. The van der Waals surface area contributed by atoms with Gasteiger partial charge in [0.05, 0.1) is 39.6 Å². The largest absolute Gasteiger partial charge is 0.446 e. The van der Waals surface area contributed by atoms with Crippen LogP contribution in [0.15, 0.2) is 11.6 Å². The second kappa shape index (κ2) is 33.1. The van der Waals surface area contributed by atoms with Crippen LogP contribution in [-0.2, 0) is 38.0 Å². The van der Waals surface area contributed by atoms with Gasteiger partial charge in [0.25, 0.3) is 0 Å². The molecule has 0 aromatic rings. The predicted molar refractivity (Wildman–Crippen MR) is 268 cm³/mol. The highest BCUT2D eigenvalue weighted by Crippen LogP contribution is 2.67. The monoisotopic (exact) mass is 948 g/mol. The van der Waals surface area contributed by atoms with E-state index in [0.29, 0.717) is 90.0 Å². The predicted octanol–water partition coefficient (Wildman–Crippen LogP) is 11.9. The molecule has 3 saturated carbocycles. The van der Waals surface area contributed by atoms with Crippen molar-refractivity contribution in [1.29, 1.82) is 0 Å². The summed E-state index contributed by atoms with van der Waals surface area (Å²) in [5, 5.41) is 12.6. The number of ketones is 1. The van der Waals surface area contributed by atoms with E-state index in [4.69, 9.17) is 33.2 Å². The van der Waals surface area contributed by atoms with Gasteiger partial charge in [-0.2, -0.15) is 0 Å². The van der Waals surface area contributed by atoms with Crippen molar-refractivity contribution < 1.29 is 47.9 Å². The molecule has 1 amide bonds. The third kappa shape index (κ3) is 20.6. The molecule has 0 spiro atoms. The van der Waals surface area contributed by atoms with Gasteiger partial charge in [-0.15, -0.1) is 0 Å². The maximum atomic E-state index is 12.8. The Hall–Kier alpha value is -1.60. The fourth-order valence-electron chi connectivity index (χ4n) is 12.7. The first-order valence-corrected chi connectivity index (χ1v) is 27.7. The van der Waals surface area contributed by atoms with Crippen LogP contribution in [0.2, 0.25) is 0 Å². The molecule has 0 aromatic carbocycles. The number of unbranched alkanes of at least 4 members (excludes halogenated alkanes) is 7. The number of ether oxygens (including phenoxy) is 7. The molecule has 67 heavy (non-hydrogen) atoms. The number of amides is 1. The topological polar surface area (TPSA) is 131 Å². The van der Waals surface area contributed by atoms with Crippen molar-refractivity contribution in [2.24, 2.45) is 46.3 Å². The van der Waals surface area contributed by atoms with Crippen molar-refractivity contribution in [2.75, 3.05) is 86.3 Å². The minimum Gasteiger partial charge on any atom is -0.446 e. The van der Waals surface area contributed by atoms with Gasteiger partial charge in [0.2, 0.25) is 0 Å². The number of hydrogen-bond donors (Lipinski definition) is 2. The van der Waals surface area contributed by atoms with Crippen molar-refractivity contribution in [2.45, 2.75) is 201 Å². The fraction of sp³-hybridized carbons (Fsp3) is 0.929. The van der Waals surface area contributed by atoms with Crippen LogP contribution in [0.3, 0.4) is 0 Å². The standard InChI is InChI=1S/C56H101NO10/c1-44(2)19-16-20-45(3)51-25-26-52-50-24-23-46-41-48(27-29-55(46,4)53(50)28-30-56(51,52)5)67-54(60)57-31-17-34-62-37-39-64-40-38-63-35-18-36-66-49(42-58)43-65-33-15-13-22-47(59)21-12-10-8-7-9-11-14-32-61-6/h23,44-45,48-53,58H,7-22,24-43H2,1-6H3,(H,57,60)/t45-,48-,49?,50?,51?,52?,53?,55-,56+/m1/s1. The van der Waals surface area contributed by atoms with E-state index in [1.54, 1.807) is 12.7 Å². The van der Waals surface area contributed by atoms with Crippen LogP contribution in [0.1, 0.15) is 189 Å². The number of allylic oxidation sites excluding steroid dienone is 1. The zero-order valence-corrected chi connectivity index (χ0v) is 43.8. The third-order valence-electron chi connectivity index (χ3n) is 16.6. The first kappa shape index (κ1) is 58.0. The van der Waals surface area contributed by atoms with E-state index < -0.39 is 0 Å². The van der Waals surface area contributed by atoms with E-state index in [2.05, 4.69) is 46.0 Å². The molecule has 9 atom stereocenters. The van der Waals surface area contributed by atoms with E-state index in [1.165, 1.54) is 77.0 Å². The van der Waals surface area contributed by atoms with Crippen LogP contribution in [0.5, 0.6) is 0 Å². The number of Topliss-reactive ketones (excluding diaryl/α,β-unsaturated/α-hetero) is 1. The lowest BCUT2D eigenvalue weighted by molar-refractivity contribution is -0.119. The minimum absolute atomic E-state index is 0.0373. The average molecular weight is 948 g/mol. The summed E-state index contributed by atoms with van der Waals surface area (Å²) in [5.41, 5.74) is 2.32. The molecule has 2 N–H and O–H groups in total. The summed E-state index contributed by atoms with van der Waals surface area (Å²) in [5.74, 6) is 5.34. The molecule has 0 radical (unpaired) electrons. The number of nitrogens with one attached hydrogen (secondary N) is 1. The molecular weight excluding hydrogens is 847 g/mol. The Morgan fingerprint density at radius 1 is 0.701 bits per heavy atom. The highest BCUT2D eigenvalue weighted by molar-refractivity contribution is 5.78. The SMILES string of the molecule is COCCCCCCCCCC(=O)CCCCOCC(CO)OCCCOCCOCCOCCCNC(=O)O[C@@H]1CC[C@]2(C)C(=CCC3C4CCC([C@H](C)CCCC(C)C)[C@]4(C)CCC32)C1. The Morgan fingerprint density at radius 3 is 2.07 bits per heavy atom. The molecular formula is C56H101NO10. The summed E-state index contributed by atoms with van der Waals surface area (Å²) in [6.45, 7) is 18.3. The summed E-state index contributed by atoms with van der Waals surface area (Å²) < 4.78 is 39.5. The quantitative estimate of drug-likeness (QED) is 0.0454. The normalized spacial score (nSPS) is 26.7. The van der Waals surface area contributed by atoms with Crippen LogP contribution in [0.4, 0.5) is 4.79 Å². The molecule has 5 unspecified atom stereocenters. The first-order chi connectivity index (χ1) is 32.5. The summed E-state index contributed by atoms with van der Waals surface area (Å²) in [7, 11) is 1.75. The lowest BCUT2D eigenvalue weighted by Crippen LogP contribution is -2.51. The second-order valence-electron chi connectivity index (χ2n) is 22.0. The number of fused-ring (bicyclic) bond motifs is 5. The van der Waals surface area contributed by atoms with E-state index in [9.17, 15) is 14.7 Å². The third-order valence-corrected chi connectivity index (χ3v) is 16.6. The summed E-state index contributed by atoms with van der Waals surface area (Å²) in [6.07, 6.45) is 28.5. The van der Waals surface area contributed by atoms with Crippen LogP contribution in [-0.4, -0.2) is 116 Å². The smallest absolute Gasteiger partial charge is 0.407 e. The van der Waals surface area contributed by atoms with Crippen molar-refractivity contribution >= 4 is 11.9 Å². The first-order valence-electron chi connectivity index (χ1n) is 27.7. The van der Waals surface area contributed by atoms with E-state index in [1.807, 2.05) is 0 Å². The van der Waals surface area contributed by atoms with Crippen molar-refractivity contribution in [1.82, 2.24) is 5.32 Å². The number of carbonyl (C=O) groups excluding carboxylic acids is 2. The number of methoxy groups -OCH3 is 1. The Morgan fingerprint density at radius 2 is 1.36 bits per heavy atom. The molecule has 0 heterocycles. The zero-order chi connectivity index (χ0) is 48.2. The summed E-state index contributed by atoms with van der Waals surface area (Å²) >= 11 is 0. The Bertz CT molecular complexity index is 1360. The van der Waals surface area contributed by atoms with Crippen molar-refractivity contribution in [3.8, 4) is 0 Å². The highest BCUT2D eigenvalue weighted by atomic mass is 16.6. The zero-order valence-electron chi connectivity index (χ0n) is 43.8. The van der Waals surface area contributed by atoms with Gasteiger partial charge in [0.15, 0.2) is 0 Å². The van der Waals surface area contributed by atoms with Crippen molar-refractivity contribution in [3.05, 3.63) is 11.6 Å². The highest BCUT2D eigenvalue weighted by Gasteiger charge is 2.59. The van der Waals surface area contributed by atoms with Crippen LogP contribution in [0, 0.1) is 46.3 Å². The number of alkyl carbamates (subject to hydrolysis) is 1. The van der Waals surface area contributed by atoms with Crippen LogP contribution >= 0.6 is 0 Å². The maximum Gasteiger partial charge on any atom is 0.407 e. The van der Waals surface area contributed by atoms with E-state index in [-0.39, 0.29) is 30.3 Å². The fourth-order valence-corrected chi connectivity index (χ4v) is 12.7. The molecule has 4 aliphatic carbocycles. The van der Waals surface area contributed by atoms with Crippen molar-refractivity contribution in [3.63, 3.8) is 0 Å². The van der Waals surface area contributed by atoms with Gasteiger partial charge < -0.3 is 43.6 Å². The molecule has 0 aliphatic heterocycles. The lowest BCUT2D eigenvalue weighted by Gasteiger charge is -2.58. The molecule has 11 nitrogen and oxygen atoms in total. The molecule has 0 bridgehead atoms. The molecule has 11 heteroatoms. The van der Waals surface area contributed by atoms with E-state index >= 15 is 0 Å². The Kier molecular flexibility index (Phi) is 28.7. The molecule has 0 saturated heterocycles. The van der Waals surface area contributed by atoms with E-state index in [0.717, 1.165) is 106 Å². The number of aliphatic hydroxyl groups is 1. The summed E-state index contributed by atoms with van der Waals surface area (Å²) in [4.78, 5) is 24.9. The molecule has 0 aromatic heterocycles. The number of hydrogen-bond acceptors (Lipinski definition) is 10. The molecule has 4 aliphatic rings. The number of aliphatic hydroxyl groups excluding tert-OH is 1. The van der Waals surface area contributed by atoms with Crippen LogP contribution in [0.25, 0.3) is 0 Å². The van der Waals surface area contributed by atoms with Gasteiger partial charge in [0.1, 0.15) is 18.0 Å². The number of carbonyl (C=O) groups is 2. The Labute approximate surface area is 409 Å². The van der Waals surface area contributed by atoms with Gasteiger partial charge >= 0.3 is 6.09 Å². The lowest BCUT2D eigenvalue weighted by atomic mass is 9.47. The Balaban J connectivity index is 0.914. The van der Waals surface area contributed by atoms with Gasteiger partial charge in [0, 0.05) is 66.0 Å². The minimum atomic E-state index is -0.358. The van der Waals surface area contributed by atoms with Gasteiger partial charge in [-0.1, -0.05) is 97.6 Å². The van der Waals surface area contributed by atoms with Gasteiger partial charge in [-0.25, -0.2) is 4.79 Å². The molecule has 4 rings (SSSR count). The maximum absolute atomic E-state index is 12.8.